The van der Waals surface area contributed by atoms with Gasteiger partial charge in [0.25, 0.3) is 0 Å². The number of hydrogen-bond donors (Lipinski definition) is 1. The van der Waals surface area contributed by atoms with E-state index in [1.54, 1.807) is 43.6 Å². The molecule has 1 aliphatic heterocycles. The number of nitrogens with one attached hydrogen (secondary N) is 1. The Labute approximate surface area is 192 Å². The highest BCUT2D eigenvalue weighted by atomic mass is 16.5. The molecule has 9 heteroatoms. The smallest absolute Gasteiger partial charge is 0.237 e. The van der Waals surface area contributed by atoms with Crippen LogP contribution in [0.3, 0.4) is 0 Å². The molecule has 1 saturated heterocycles. The molecule has 1 aliphatic rings. The number of imidazole rings is 1. The van der Waals surface area contributed by atoms with Crippen molar-refractivity contribution in [2.45, 2.75) is 25.4 Å². The average molecular weight is 447 g/mol. The lowest BCUT2D eigenvalue weighted by molar-refractivity contribution is -0.131. The second-order valence-electron chi connectivity index (χ2n) is 7.63. The zero-order valence-corrected chi connectivity index (χ0v) is 18.7. The predicted molar refractivity (Wildman–Crippen MR) is 122 cm³/mol. The number of aromatic nitrogens is 4. The number of amides is 1. The maximum Gasteiger partial charge on any atom is 0.237 e. The zero-order chi connectivity index (χ0) is 23.2. The fraction of sp³-hybridized carbons (Fsp3) is 0.333. The quantitative estimate of drug-likeness (QED) is 0.530. The SMILES string of the molecule is C#Cc1cc(C2CCCN2C(=O)CNCc2ccc(OC)c(OC)c2)nc(-n2ccnc2)n1. The van der Waals surface area contributed by atoms with Crippen LogP contribution in [0.1, 0.15) is 35.8 Å². The molecule has 9 nitrogen and oxygen atoms in total. The van der Waals surface area contributed by atoms with Gasteiger partial charge in [-0.15, -0.1) is 6.42 Å². The number of hydrogen-bond acceptors (Lipinski definition) is 7. The molecule has 1 unspecified atom stereocenters. The van der Waals surface area contributed by atoms with Gasteiger partial charge >= 0.3 is 0 Å². The van der Waals surface area contributed by atoms with Crippen LogP contribution in [0.15, 0.2) is 43.0 Å². The lowest BCUT2D eigenvalue weighted by Gasteiger charge is -2.25. The summed E-state index contributed by atoms with van der Waals surface area (Å²) in [6.07, 6.45) is 12.4. The first-order valence-electron chi connectivity index (χ1n) is 10.7. The minimum atomic E-state index is -0.141. The largest absolute Gasteiger partial charge is 0.493 e. The lowest BCUT2D eigenvalue weighted by Crippen LogP contribution is -2.38. The topological polar surface area (TPSA) is 94.4 Å². The van der Waals surface area contributed by atoms with Crippen LogP contribution in [-0.2, 0) is 11.3 Å². The van der Waals surface area contributed by atoms with Crippen molar-refractivity contribution >= 4 is 5.91 Å². The van der Waals surface area contributed by atoms with Gasteiger partial charge in [-0.25, -0.2) is 15.0 Å². The standard InChI is InChI=1S/C24H26N6O3/c1-4-18-13-19(28-24(27-18)29-11-9-25-16-29)20-6-5-10-30(20)23(31)15-26-14-17-7-8-21(32-2)22(12-17)33-3/h1,7-9,11-13,16,20,26H,5-6,10,14-15H2,2-3H3. The van der Waals surface area contributed by atoms with Crippen molar-refractivity contribution in [1.82, 2.24) is 29.7 Å². The number of carbonyl (C=O) groups excluding carboxylic acids is 1. The number of carbonyl (C=O) groups is 1. The van der Waals surface area contributed by atoms with Crippen LogP contribution in [0.5, 0.6) is 11.5 Å². The van der Waals surface area contributed by atoms with E-state index in [1.807, 2.05) is 23.1 Å². The van der Waals surface area contributed by atoms with Crippen LogP contribution < -0.4 is 14.8 Å². The van der Waals surface area contributed by atoms with Gasteiger partial charge in [-0.1, -0.05) is 12.0 Å². The molecular formula is C24H26N6O3. The second kappa shape index (κ2) is 10.1. The Morgan fingerprint density at radius 2 is 2.09 bits per heavy atom. The van der Waals surface area contributed by atoms with Crippen molar-refractivity contribution in [3.05, 3.63) is 59.9 Å². The molecular weight excluding hydrogens is 420 g/mol. The molecule has 0 aliphatic carbocycles. The van der Waals surface area contributed by atoms with Crippen LogP contribution in [0.2, 0.25) is 0 Å². The monoisotopic (exact) mass is 446 g/mol. The molecule has 170 valence electrons. The number of benzene rings is 1. The molecule has 0 saturated carbocycles. The maximum atomic E-state index is 13.0. The highest BCUT2D eigenvalue weighted by molar-refractivity contribution is 5.79. The van der Waals surface area contributed by atoms with Gasteiger partial charge < -0.3 is 19.7 Å². The maximum absolute atomic E-state index is 13.0. The molecule has 1 atom stereocenters. The lowest BCUT2D eigenvalue weighted by atomic mass is 10.1. The Morgan fingerprint density at radius 1 is 1.24 bits per heavy atom. The summed E-state index contributed by atoms with van der Waals surface area (Å²) in [6.45, 7) is 1.42. The number of rotatable bonds is 8. The normalized spacial score (nSPS) is 15.3. The molecule has 0 radical (unpaired) electrons. The van der Waals surface area contributed by atoms with Gasteiger partial charge in [0.1, 0.15) is 12.0 Å². The van der Waals surface area contributed by atoms with E-state index in [1.165, 1.54) is 0 Å². The summed E-state index contributed by atoms with van der Waals surface area (Å²) in [6, 6.07) is 7.34. The van der Waals surface area contributed by atoms with E-state index in [4.69, 9.17) is 15.9 Å². The minimum Gasteiger partial charge on any atom is -0.493 e. The molecule has 1 N–H and O–H groups in total. The summed E-state index contributed by atoms with van der Waals surface area (Å²) in [5.74, 6) is 4.38. The van der Waals surface area contributed by atoms with E-state index in [0.29, 0.717) is 36.2 Å². The van der Waals surface area contributed by atoms with E-state index in [9.17, 15) is 4.79 Å². The van der Waals surface area contributed by atoms with Crippen molar-refractivity contribution in [2.24, 2.45) is 0 Å². The second-order valence-corrected chi connectivity index (χ2v) is 7.63. The highest BCUT2D eigenvalue weighted by Crippen LogP contribution is 2.31. The molecule has 33 heavy (non-hydrogen) atoms. The van der Waals surface area contributed by atoms with Crippen LogP contribution in [0, 0.1) is 12.3 Å². The Kier molecular flexibility index (Phi) is 6.86. The summed E-state index contributed by atoms with van der Waals surface area (Å²) < 4.78 is 12.3. The van der Waals surface area contributed by atoms with Crippen molar-refractivity contribution < 1.29 is 14.3 Å². The van der Waals surface area contributed by atoms with Gasteiger partial charge in [-0.05, 0) is 36.6 Å². The van der Waals surface area contributed by atoms with E-state index in [-0.39, 0.29) is 18.5 Å². The van der Waals surface area contributed by atoms with E-state index < -0.39 is 0 Å². The number of methoxy groups -OCH3 is 2. The van der Waals surface area contributed by atoms with Crippen LogP contribution in [-0.4, -0.2) is 57.6 Å². The van der Waals surface area contributed by atoms with Gasteiger partial charge in [0.15, 0.2) is 11.5 Å². The third-order valence-corrected chi connectivity index (χ3v) is 5.59. The Morgan fingerprint density at radius 3 is 2.82 bits per heavy atom. The summed E-state index contributed by atoms with van der Waals surface area (Å²) in [7, 11) is 3.20. The molecule has 4 rings (SSSR count). The Bertz CT molecular complexity index is 1160. The highest BCUT2D eigenvalue weighted by Gasteiger charge is 2.31. The molecule has 1 fully saturated rings. The fourth-order valence-corrected chi connectivity index (χ4v) is 3.97. The van der Waals surface area contributed by atoms with Crippen molar-refractivity contribution in [3.8, 4) is 29.8 Å². The molecule has 3 aromatic rings. The molecule has 2 aromatic heterocycles. The Balaban J connectivity index is 1.44. The first kappa shape index (κ1) is 22.3. The molecule has 1 aromatic carbocycles. The van der Waals surface area contributed by atoms with E-state index in [2.05, 4.69) is 26.2 Å². The number of likely N-dealkylation sites (tertiary alicyclic amines) is 1. The Hall–Kier alpha value is -3.90. The van der Waals surface area contributed by atoms with Gasteiger partial charge in [-0.3, -0.25) is 9.36 Å². The van der Waals surface area contributed by atoms with Crippen LogP contribution in [0.25, 0.3) is 5.95 Å². The summed E-state index contributed by atoms with van der Waals surface area (Å²) >= 11 is 0. The van der Waals surface area contributed by atoms with Crippen LogP contribution >= 0.6 is 0 Å². The number of nitrogens with zero attached hydrogens (tertiary/aromatic N) is 5. The predicted octanol–water partition coefficient (Wildman–Crippen LogP) is 2.11. The summed E-state index contributed by atoms with van der Waals surface area (Å²) in [4.78, 5) is 28.0. The van der Waals surface area contributed by atoms with Crippen LogP contribution in [0.4, 0.5) is 0 Å². The average Bonchev–Trinajstić information content (AvgIpc) is 3.56. The van der Waals surface area contributed by atoms with Gasteiger partial charge in [0.05, 0.1) is 32.5 Å². The summed E-state index contributed by atoms with van der Waals surface area (Å²) in [5, 5.41) is 3.23. The van der Waals surface area contributed by atoms with E-state index >= 15 is 0 Å². The van der Waals surface area contributed by atoms with Crippen molar-refractivity contribution in [1.29, 1.82) is 0 Å². The van der Waals surface area contributed by atoms with Gasteiger partial charge in [0, 0.05) is 25.5 Å². The zero-order valence-electron chi connectivity index (χ0n) is 18.7. The summed E-state index contributed by atoms with van der Waals surface area (Å²) in [5.41, 5.74) is 2.22. The van der Waals surface area contributed by atoms with Crippen molar-refractivity contribution in [3.63, 3.8) is 0 Å². The minimum absolute atomic E-state index is 0.0167. The fourth-order valence-electron chi connectivity index (χ4n) is 3.97. The molecule has 0 bridgehead atoms. The van der Waals surface area contributed by atoms with Crippen molar-refractivity contribution in [2.75, 3.05) is 27.3 Å². The molecule has 0 spiro atoms. The molecule has 3 heterocycles. The third kappa shape index (κ3) is 4.96. The molecule has 1 amide bonds. The first-order chi connectivity index (χ1) is 16.1. The number of terminal acetylenes is 1. The third-order valence-electron chi connectivity index (χ3n) is 5.59. The van der Waals surface area contributed by atoms with Gasteiger partial charge in [0.2, 0.25) is 11.9 Å². The first-order valence-corrected chi connectivity index (χ1v) is 10.7. The number of ether oxygens (including phenoxy) is 2. The van der Waals surface area contributed by atoms with E-state index in [0.717, 1.165) is 24.1 Å². The van der Waals surface area contributed by atoms with Gasteiger partial charge in [-0.2, -0.15) is 0 Å².